The Balaban J connectivity index is 2.14. The van der Waals surface area contributed by atoms with Crippen LogP contribution in [-0.4, -0.2) is 52.4 Å². The predicted octanol–water partition coefficient (Wildman–Crippen LogP) is 0.915. The Morgan fingerprint density at radius 1 is 1.48 bits per heavy atom. The number of ketones is 1. The van der Waals surface area contributed by atoms with E-state index in [1.165, 1.54) is 6.08 Å². The fourth-order valence-electron chi connectivity index (χ4n) is 4.00. The van der Waals surface area contributed by atoms with Crippen LogP contribution in [0, 0.1) is 5.92 Å². The molecule has 3 rings (SSSR count). The number of aliphatic hydroxyl groups is 2. The summed E-state index contributed by atoms with van der Waals surface area (Å²) in [5.41, 5.74) is -0.897. The number of carbonyl (C=O) groups excluding carboxylic acids is 3. The van der Waals surface area contributed by atoms with Crippen LogP contribution in [-0.2, 0) is 23.9 Å². The van der Waals surface area contributed by atoms with E-state index in [0.717, 1.165) is 0 Å². The maximum absolute atomic E-state index is 12.5. The van der Waals surface area contributed by atoms with Crippen molar-refractivity contribution in [1.29, 1.82) is 0 Å². The van der Waals surface area contributed by atoms with Crippen molar-refractivity contribution in [3.63, 3.8) is 0 Å². The average molecular weight is 374 g/mol. The van der Waals surface area contributed by atoms with E-state index in [9.17, 15) is 24.6 Å². The highest BCUT2D eigenvalue weighted by atomic mass is 16.6. The zero-order valence-electron chi connectivity index (χ0n) is 15.4. The molecule has 4 atom stereocenters. The fraction of sp³-hybridized carbons (Fsp3) is 0.450. The molecule has 0 spiro atoms. The first kappa shape index (κ1) is 19.3. The molecule has 1 aliphatic heterocycles. The number of carbonyl (C=O) groups is 3. The Kier molecular flexibility index (Phi) is 4.69. The van der Waals surface area contributed by atoms with E-state index in [1.807, 2.05) is 0 Å². The summed E-state index contributed by atoms with van der Waals surface area (Å²) in [6, 6.07) is 0. The smallest absolute Gasteiger partial charge is 0.334 e. The molecular weight excluding hydrogens is 352 g/mol. The summed E-state index contributed by atoms with van der Waals surface area (Å²) in [6.07, 6.45) is 0.767. The molecule has 7 heteroatoms. The lowest BCUT2D eigenvalue weighted by molar-refractivity contribution is -0.153. The Labute approximate surface area is 156 Å². The van der Waals surface area contributed by atoms with E-state index in [2.05, 4.69) is 6.58 Å². The predicted molar refractivity (Wildman–Crippen MR) is 94.3 cm³/mol. The second-order valence-corrected chi connectivity index (χ2v) is 7.09. The quantitative estimate of drug-likeness (QED) is 0.558. The molecule has 7 nitrogen and oxygen atoms in total. The number of allylic oxidation sites excluding steroid dienone is 2. The third-order valence-electron chi connectivity index (χ3n) is 5.62. The topological polar surface area (TPSA) is 110 Å². The molecular formula is C20H22O7. The van der Waals surface area contributed by atoms with Gasteiger partial charge in [-0.05, 0) is 38.0 Å². The molecule has 1 heterocycles. The van der Waals surface area contributed by atoms with Crippen LogP contribution >= 0.6 is 0 Å². The van der Waals surface area contributed by atoms with E-state index in [0.29, 0.717) is 11.1 Å². The van der Waals surface area contributed by atoms with Gasteiger partial charge in [-0.1, -0.05) is 12.7 Å². The van der Waals surface area contributed by atoms with Gasteiger partial charge in [0.25, 0.3) is 0 Å². The van der Waals surface area contributed by atoms with Gasteiger partial charge in [0, 0.05) is 23.1 Å². The molecule has 144 valence electrons. The van der Waals surface area contributed by atoms with Crippen molar-refractivity contribution in [2.75, 3.05) is 6.61 Å². The Bertz CT molecular complexity index is 844. The fourth-order valence-corrected chi connectivity index (χ4v) is 4.00. The third-order valence-corrected chi connectivity index (χ3v) is 5.62. The van der Waals surface area contributed by atoms with Gasteiger partial charge in [0.2, 0.25) is 0 Å². The van der Waals surface area contributed by atoms with Gasteiger partial charge in [-0.2, -0.15) is 0 Å². The van der Waals surface area contributed by atoms with Crippen molar-refractivity contribution >= 4 is 17.7 Å². The van der Waals surface area contributed by atoms with Crippen molar-refractivity contribution in [3.05, 3.63) is 46.6 Å². The molecule has 0 unspecified atom stereocenters. The second-order valence-electron chi connectivity index (χ2n) is 7.09. The number of rotatable bonds is 3. The van der Waals surface area contributed by atoms with Gasteiger partial charge < -0.3 is 19.7 Å². The van der Waals surface area contributed by atoms with Crippen LogP contribution in [0.1, 0.15) is 27.2 Å². The standard InChI is InChI=1S/C20H22O7/c1-5-9(2)18(23)26-14-7-12(8-21)16-13(22)6-10(3)20(16,25)17-15(14)11(4)19(24)27-17/h5-6,14-15,17,21,25H,4,7-8H2,1-3H3/b9-5+/t14-,15-,17+,20-/m1/s1. The molecule has 0 aromatic carbocycles. The number of esters is 2. The minimum Gasteiger partial charge on any atom is -0.458 e. The van der Waals surface area contributed by atoms with Crippen molar-refractivity contribution in [2.45, 2.75) is 45.0 Å². The van der Waals surface area contributed by atoms with Crippen LogP contribution in [0.2, 0.25) is 0 Å². The van der Waals surface area contributed by atoms with Crippen LogP contribution in [0.25, 0.3) is 0 Å². The first-order chi connectivity index (χ1) is 12.7. The Morgan fingerprint density at radius 2 is 2.15 bits per heavy atom. The number of aliphatic hydroxyl groups excluding tert-OH is 1. The minimum absolute atomic E-state index is 0.0127. The van der Waals surface area contributed by atoms with E-state index < -0.39 is 48.1 Å². The molecule has 0 aromatic heterocycles. The van der Waals surface area contributed by atoms with E-state index in [1.54, 1.807) is 26.8 Å². The zero-order chi connectivity index (χ0) is 20.1. The summed E-state index contributed by atoms with van der Waals surface area (Å²) in [5.74, 6) is -2.60. The Morgan fingerprint density at radius 3 is 2.74 bits per heavy atom. The zero-order valence-corrected chi connectivity index (χ0v) is 15.4. The molecule has 3 aliphatic rings. The van der Waals surface area contributed by atoms with Crippen LogP contribution < -0.4 is 0 Å². The number of hydrogen-bond donors (Lipinski definition) is 2. The summed E-state index contributed by atoms with van der Waals surface area (Å²) < 4.78 is 11.0. The van der Waals surface area contributed by atoms with Gasteiger partial charge in [-0.15, -0.1) is 0 Å². The lowest BCUT2D eigenvalue weighted by atomic mass is 9.78. The molecule has 27 heavy (non-hydrogen) atoms. The van der Waals surface area contributed by atoms with Crippen molar-refractivity contribution in [2.24, 2.45) is 5.92 Å². The molecule has 1 fully saturated rings. The number of ether oxygens (including phenoxy) is 2. The van der Waals surface area contributed by atoms with Crippen LogP contribution in [0.3, 0.4) is 0 Å². The lowest BCUT2D eigenvalue weighted by Gasteiger charge is -2.34. The largest absolute Gasteiger partial charge is 0.458 e. The molecule has 2 N–H and O–H groups in total. The van der Waals surface area contributed by atoms with Gasteiger partial charge >= 0.3 is 11.9 Å². The molecule has 0 amide bonds. The third kappa shape index (κ3) is 2.69. The van der Waals surface area contributed by atoms with E-state index >= 15 is 0 Å². The number of hydrogen-bond acceptors (Lipinski definition) is 7. The molecule has 0 bridgehead atoms. The normalized spacial score (nSPS) is 33.4. The monoisotopic (exact) mass is 374 g/mol. The van der Waals surface area contributed by atoms with Crippen LogP contribution in [0.5, 0.6) is 0 Å². The summed E-state index contributed by atoms with van der Waals surface area (Å²) in [5, 5.41) is 21.3. The van der Waals surface area contributed by atoms with E-state index in [-0.39, 0.29) is 23.1 Å². The lowest BCUT2D eigenvalue weighted by Crippen LogP contribution is -2.49. The van der Waals surface area contributed by atoms with Crippen LogP contribution in [0.4, 0.5) is 0 Å². The van der Waals surface area contributed by atoms with E-state index in [4.69, 9.17) is 9.47 Å². The summed E-state index contributed by atoms with van der Waals surface area (Å²) >= 11 is 0. The van der Waals surface area contributed by atoms with Gasteiger partial charge in [-0.3, -0.25) is 4.79 Å². The van der Waals surface area contributed by atoms with Crippen LogP contribution in [0.15, 0.2) is 46.6 Å². The molecule has 0 aromatic rings. The maximum atomic E-state index is 12.5. The Hall–Kier alpha value is -2.51. The van der Waals surface area contributed by atoms with Gasteiger partial charge in [0.15, 0.2) is 11.4 Å². The minimum atomic E-state index is -1.88. The van der Waals surface area contributed by atoms with Gasteiger partial charge in [0.05, 0.1) is 12.5 Å². The van der Waals surface area contributed by atoms with Crippen molar-refractivity contribution in [3.8, 4) is 0 Å². The van der Waals surface area contributed by atoms with Gasteiger partial charge in [0.1, 0.15) is 12.2 Å². The highest BCUT2D eigenvalue weighted by Crippen LogP contribution is 2.50. The van der Waals surface area contributed by atoms with Gasteiger partial charge in [-0.25, -0.2) is 9.59 Å². The first-order valence-electron chi connectivity index (χ1n) is 8.69. The summed E-state index contributed by atoms with van der Waals surface area (Å²) in [7, 11) is 0. The van der Waals surface area contributed by atoms with Crippen molar-refractivity contribution < 1.29 is 34.1 Å². The highest BCUT2D eigenvalue weighted by Gasteiger charge is 2.62. The summed E-state index contributed by atoms with van der Waals surface area (Å²) in [4.78, 5) is 37.0. The maximum Gasteiger partial charge on any atom is 0.334 e. The number of fused-ring (bicyclic) bond motifs is 3. The molecule has 0 radical (unpaired) electrons. The second kappa shape index (κ2) is 6.58. The highest BCUT2D eigenvalue weighted by molar-refractivity contribution is 6.11. The summed E-state index contributed by atoms with van der Waals surface area (Å²) in [6.45, 7) is 8.08. The molecule has 2 aliphatic carbocycles. The van der Waals surface area contributed by atoms with Crippen molar-refractivity contribution in [1.82, 2.24) is 0 Å². The SMILES string of the molecule is C=C1C(=O)O[C@H]2[C@H]1[C@H](OC(=O)/C(C)=C/C)CC(CO)=C1C(=O)C=C(C)[C@@]12O. The average Bonchev–Trinajstić information content (AvgIpc) is 3.01. The molecule has 1 saturated heterocycles. The first-order valence-corrected chi connectivity index (χ1v) is 8.69. The molecule has 0 saturated carbocycles.